The molecular weight excluding hydrogens is 1130 g/mol. The van der Waals surface area contributed by atoms with Crippen LogP contribution in [0.15, 0.2) is 84.3 Å². The number of aliphatic imine (C=N–C) groups is 1. The first-order valence-corrected chi connectivity index (χ1v) is 30.4. The number of carbonyl (C=O) groups is 5. The quantitative estimate of drug-likeness (QED) is 0.0322. The number of ether oxygens (including phenoxy) is 2. The molecule has 1 aromatic heterocycles. The van der Waals surface area contributed by atoms with E-state index in [9.17, 15) is 63.7 Å². The second-order valence-corrected chi connectivity index (χ2v) is 26.5. The minimum Gasteiger partial charge on any atom is -0.395 e. The van der Waals surface area contributed by atoms with E-state index in [0.717, 1.165) is 39.6 Å². The van der Waals surface area contributed by atoms with Gasteiger partial charge in [-0.3, -0.25) is 51.5 Å². The van der Waals surface area contributed by atoms with E-state index in [1.165, 1.54) is 43.2 Å². The number of carbonyl (C=O) groups excluding carboxylic acids is 5. The van der Waals surface area contributed by atoms with Crippen molar-refractivity contribution in [1.82, 2.24) is 24.6 Å². The van der Waals surface area contributed by atoms with Crippen LogP contribution in [0.1, 0.15) is 82.2 Å². The number of hydrogen-bond donors (Lipinski definition) is 8. The van der Waals surface area contributed by atoms with Gasteiger partial charge < -0.3 is 40.1 Å². The lowest BCUT2D eigenvalue weighted by Crippen LogP contribution is -2.54. The van der Waals surface area contributed by atoms with Crippen LogP contribution in [-0.2, 0) is 69.0 Å². The number of aromatic nitrogens is 2. The first-order chi connectivity index (χ1) is 37.7. The van der Waals surface area contributed by atoms with E-state index >= 15 is 0 Å². The summed E-state index contributed by atoms with van der Waals surface area (Å²) in [5.74, 6) is -0.713. The highest BCUT2D eigenvalue weighted by molar-refractivity contribution is 8.14. The van der Waals surface area contributed by atoms with Crippen LogP contribution in [0, 0.1) is 10.8 Å². The second kappa shape index (κ2) is 27.9. The van der Waals surface area contributed by atoms with Crippen molar-refractivity contribution in [3.8, 4) is 0 Å². The number of amides is 1. The third kappa shape index (κ3) is 16.5. The summed E-state index contributed by atoms with van der Waals surface area (Å²) in [6, 6.07) is 18.2. The molecule has 0 aliphatic carbocycles. The van der Waals surface area contributed by atoms with Crippen molar-refractivity contribution in [1.29, 1.82) is 0 Å². The van der Waals surface area contributed by atoms with E-state index in [1.807, 2.05) is 60.7 Å². The van der Waals surface area contributed by atoms with Crippen molar-refractivity contribution in [3.63, 3.8) is 0 Å². The van der Waals surface area contributed by atoms with Crippen LogP contribution in [0.25, 0.3) is 0 Å². The van der Waals surface area contributed by atoms with E-state index < -0.39 is 106 Å². The average Bonchev–Trinajstić information content (AvgIpc) is 4.25. The van der Waals surface area contributed by atoms with E-state index in [2.05, 4.69) is 20.2 Å². The van der Waals surface area contributed by atoms with Crippen molar-refractivity contribution in [3.05, 3.63) is 96.1 Å². The summed E-state index contributed by atoms with van der Waals surface area (Å²) >= 11 is 1.88. The van der Waals surface area contributed by atoms with E-state index in [0.29, 0.717) is 0 Å². The maximum absolute atomic E-state index is 13.7. The predicted octanol–water partition coefficient (Wildman–Crippen LogP) is 3.74. The summed E-state index contributed by atoms with van der Waals surface area (Å²) < 4.78 is 62.7. The number of ketones is 2. The largest absolute Gasteiger partial charge is 0.405 e. The van der Waals surface area contributed by atoms with Gasteiger partial charge in [-0.2, -0.15) is 0 Å². The van der Waals surface area contributed by atoms with Gasteiger partial charge in [0.15, 0.2) is 45.8 Å². The lowest BCUT2D eigenvalue weighted by molar-refractivity contribution is -0.158. The van der Waals surface area contributed by atoms with Crippen LogP contribution >= 0.6 is 39.0 Å². The highest BCUT2D eigenvalue weighted by atomic mass is 32.2. The van der Waals surface area contributed by atoms with Gasteiger partial charge in [-0.1, -0.05) is 84.2 Å². The molecule has 7 rings (SSSR count). The van der Waals surface area contributed by atoms with Gasteiger partial charge in [-0.15, -0.1) is 0 Å². The number of aliphatic hydroxyl groups is 6. The summed E-state index contributed by atoms with van der Waals surface area (Å²) in [6.45, 7) is 7.62. The Morgan fingerprint density at radius 3 is 1.68 bits per heavy atom. The number of Topliss-reactive ketones (excluding diaryl/α,β-unsaturated/α-hetero) is 1. The van der Waals surface area contributed by atoms with Crippen molar-refractivity contribution >= 4 is 78.8 Å². The monoisotopic (exact) mass is 1200 g/mol. The van der Waals surface area contributed by atoms with E-state index in [4.69, 9.17) is 27.6 Å². The highest BCUT2D eigenvalue weighted by Gasteiger charge is 2.57. The molecule has 0 saturated carbocycles. The minimum atomic E-state index is -4.02. The Balaban J connectivity index is 0.000000258. The van der Waals surface area contributed by atoms with Crippen molar-refractivity contribution in [2.24, 2.45) is 15.8 Å². The number of thioether (sulfide) groups is 2. The normalized spacial score (nSPS) is 26.4. The van der Waals surface area contributed by atoms with Crippen molar-refractivity contribution < 1.29 is 91.3 Å². The maximum Gasteiger partial charge on any atom is 0.405 e. The molecule has 4 aliphatic heterocycles. The minimum absolute atomic E-state index is 0.112. The van der Waals surface area contributed by atoms with Gasteiger partial charge in [0.05, 0.1) is 63.2 Å². The molecule has 2 saturated heterocycles. The zero-order valence-corrected chi connectivity index (χ0v) is 48.4. The Bertz CT molecular complexity index is 2800. The summed E-state index contributed by atoms with van der Waals surface area (Å²) in [4.78, 5) is 69.9. The van der Waals surface area contributed by atoms with Crippen LogP contribution in [0.4, 0.5) is 5.82 Å². The Hall–Kier alpha value is -4.19. The van der Waals surface area contributed by atoms with Crippen LogP contribution in [0.3, 0.4) is 0 Å². The van der Waals surface area contributed by atoms with Gasteiger partial charge in [-0.05, 0) is 58.7 Å². The summed E-state index contributed by atoms with van der Waals surface area (Å²) in [7, 11) is -8.03. The first kappa shape index (κ1) is 65.0. The molecule has 2 aromatic carbocycles. The molecule has 25 nitrogen and oxygen atoms in total. The molecule has 29 heteroatoms. The van der Waals surface area contributed by atoms with Crippen molar-refractivity contribution in [2.45, 2.75) is 116 Å². The fourth-order valence-electron chi connectivity index (χ4n) is 7.94. The zero-order chi connectivity index (χ0) is 58.7. The van der Waals surface area contributed by atoms with Gasteiger partial charge in [-0.25, -0.2) is 29.3 Å². The summed E-state index contributed by atoms with van der Waals surface area (Å²) in [6.07, 6.45) is -2.97. The van der Waals surface area contributed by atoms with Crippen molar-refractivity contribution in [2.75, 3.05) is 51.1 Å². The van der Waals surface area contributed by atoms with Crippen LogP contribution < -0.4 is 10.2 Å². The molecule has 2 unspecified atom stereocenters. The standard InChI is InChI=1S/C26H35N4O9PS.C25H35N2O10PS/c1-25(2,15-31)24(34)41-12-11-37-40(36,29-13-17-7-5-4-6-8-17)38-14-19-21(33)26(3,35)23(39-19)30-16-28-20-18(32)9-10-27-22(20)30;1-24(2,16-28)23(32)39-12-11-35-38(34,26-14-17-7-5-4-6-8-17)36-15-19-21(31)25(3,33)22(37-19)27-10-9-18(29)13-20(27)30/h4-8,10,16,19,21,23,31,33,35H,9,11-15H2,1-3H3,(H,29,36);4-10,19,21-22,28,31,33H,11-16H2,1-3H3,(H,26,34)/t19-,21-,23-,26-,40?;19-,21-,22-,25-,38?/m11/s1. The van der Waals surface area contributed by atoms with E-state index in [1.54, 1.807) is 27.7 Å². The molecule has 80 heavy (non-hydrogen) atoms. The number of aliphatic hydroxyl groups excluding tert-OH is 4. The lowest BCUT2D eigenvalue weighted by atomic mass is 9.95. The Labute approximate surface area is 471 Å². The molecule has 3 aromatic rings. The molecule has 0 bridgehead atoms. The number of nitrogens with one attached hydrogen (secondary N) is 2. The maximum atomic E-state index is 13.7. The summed E-state index contributed by atoms with van der Waals surface area (Å²) in [5, 5.41) is 67.5. The topological polar surface area (TPSA) is 354 Å². The van der Waals surface area contributed by atoms with Gasteiger partial charge in [0.1, 0.15) is 35.6 Å². The Kier molecular flexibility index (Phi) is 22.7. The number of benzene rings is 2. The molecule has 440 valence electrons. The molecule has 0 spiro atoms. The third-order valence-corrected chi connectivity index (χ3v) is 18.6. The lowest BCUT2D eigenvalue weighted by Gasteiger charge is -2.34. The molecule has 8 N–H and O–H groups in total. The molecular formula is C51H70N6O19P2S2. The van der Waals surface area contributed by atoms with Crippen LogP contribution in [0.2, 0.25) is 0 Å². The highest BCUT2D eigenvalue weighted by Crippen LogP contribution is 2.48. The molecule has 4 aliphatic rings. The number of allylic oxidation sites excluding steroid dienone is 1. The smallest absolute Gasteiger partial charge is 0.395 e. The molecule has 1 amide bonds. The predicted molar refractivity (Wildman–Crippen MR) is 293 cm³/mol. The van der Waals surface area contributed by atoms with Crippen LogP contribution in [0.5, 0.6) is 0 Å². The number of nitrogens with zero attached hydrogens (tertiary/aromatic N) is 4. The van der Waals surface area contributed by atoms with Gasteiger partial charge in [0, 0.05) is 43.4 Å². The average molecular weight is 1200 g/mol. The molecule has 0 radical (unpaired) electrons. The van der Waals surface area contributed by atoms with Gasteiger partial charge in [0.2, 0.25) is 5.91 Å². The van der Waals surface area contributed by atoms with Gasteiger partial charge in [0.25, 0.3) is 0 Å². The van der Waals surface area contributed by atoms with E-state index in [-0.39, 0.29) is 85.0 Å². The number of rotatable bonds is 26. The molecule has 2 fully saturated rings. The number of hydrogen-bond acceptors (Lipinski definition) is 23. The summed E-state index contributed by atoms with van der Waals surface area (Å²) in [5.41, 5.74) is -3.86. The zero-order valence-electron chi connectivity index (χ0n) is 45.0. The fraction of sp³-hybridized carbons (Fsp3) is 0.549. The first-order valence-electron chi connectivity index (χ1n) is 25.4. The number of imidazole rings is 1. The number of fused-ring (bicyclic) bond motifs is 1. The Morgan fingerprint density at radius 2 is 1.21 bits per heavy atom. The fourth-order valence-corrected chi connectivity index (χ4v) is 12.4. The molecule has 5 heterocycles. The third-order valence-electron chi connectivity index (χ3n) is 13.1. The second-order valence-electron chi connectivity index (χ2n) is 20.7. The molecule has 10 atom stereocenters. The van der Waals surface area contributed by atoms with Crippen LogP contribution in [-0.4, -0.2) is 172 Å². The SMILES string of the molecule is CC(C)(CO)C(=O)SCCOP(=O)(NCc1ccccc1)OC[C@H]1O[C@@H](N2C=CC(=O)CC2=O)[C@](C)(O)[C@@H]1O.CC(C)(CO)C(=O)SCCOP(=O)(NCc1ccccc1)OC[C@H]1O[C@@H](n2cnc3c2N=CCC3=O)[C@](C)(O)[C@@H]1O. The van der Waals surface area contributed by atoms with Gasteiger partial charge >= 0.3 is 15.5 Å². The Morgan fingerprint density at radius 1 is 0.750 bits per heavy atom.